The minimum atomic E-state index is -3.64. The zero-order valence-corrected chi connectivity index (χ0v) is 17.1. The number of nitrogens with zero attached hydrogens (tertiary/aromatic N) is 1. The molecule has 1 N–H and O–H groups in total. The molecule has 0 bridgehead atoms. The van der Waals surface area contributed by atoms with Crippen LogP contribution in [0, 0.1) is 20.8 Å². The van der Waals surface area contributed by atoms with Crippen molar-refractivity contribution in [2.75, 3.05) is 32.8 Å². The molecule has 2 aromatic carbocycles. The topological polar surface area (TPSA) is 58.6 Å². The van der Waals surface area contributed by atoms with Crippen molar-refractivity contribution in [3.8, 4) is 0 Å². The van der Waals surface area contributed by atoms with Gasteiger partial charge in [0.1, 0.15) is 0 Å². The van der Waals surface area contributed by atoms with Crippen LogP contribution in [0.15, 0.2) is 47.4 Å². The highest BCUT2D eigenvalue weighted by Gasteiger charge is 2.26. The average Bonchev–Trinajstić information content (AvgIpc) is 2.61. The molecule has 0 saturated carbocycles. The molecule has 1 atom stereocenters. The molecule has 146 valence electrons. The average molecular weight is 389 g/mol. The van der Waals surface area contributed by atoms with Gasteiger partial charge in [0, 0.05) is 19.6 Å². The van der Waals surface area contributed by atoms with Gasteiger partial charge in [-0.15, -0.1) is 0 Å². The molecule has 0 aromatic heterocycles. The van der Waals surface area contributed by atoms with E-state index in [2.05, 4.69) is 9.62 Å². The Labute approximate surface area is 162 Å². The minimum Gasteiger partial charge on any atom is -0.379 e. The lowest BCUT2D eigenvalue weighted by molar-refractivity contribution is 0.0345. The van der Waals surface area contributed by atoms with E-state index in [9.17, 15) is 8.42 Å². The third-order valence-corrected chi connectivity index (χ3v) is 6.69. The summed E-state index contributed by atoms with van der Waals surface area (Å²) in [6, 6.07) is 13.3. The van der Waals surface area contributed by atoms with Crippen molar-refractivity contribution in [3.05, 3.63) is 64.7 Å². The molecule has 27 heavy (non-hydrogen) atoms. The van der Waals surface area contributed by atoms with E-state index in [1.807, 2.05) is 63.2 Å². The summed E-state index contributed by atoms with van der Waals surface area (Å²) >= 11 is 0. The number of benzene rings is 2. The molecule has 0 radical (unpaired) electrons. The lowest BCUT2D eigenvalue weighted by Crippen LogP contribution is -2.43. The number of sulfonamides is 1. The predicted molar refractivity (Wildman–Crippen MR) is 107 cm³/mol. The molecule has 1 unspecified atom stereocenters. The van der Waals surface area contributed by atoms with Gasteiger partial charge in [-0.25, -0.2) is 13.1 Å². The molecule has 1 aliphatic rings. The lowest BCUT2D eigenvalue weighted by Gasteiger charge is -2.31. The Morgan fingerprint density at radius 3 is 2.22 bits per heavy atom. The second-order valence-electron chi connectivity index (χ2n) is 7.23. The summed E-state index contributed by atoms with van der Waals surface area (Å²) in [5, 5.41) is 0. The summed E-state index contributed by atoms with van der Waals surface area (Å²) in [6.45, 7) is 9.31. The van der Waals surface area contributed by atoms with E-state index in [4.69, 9.17) is 4.74 Å². The molecule has 3 rings (SSSR count). The molecule has 1 saturated heterocycles. The summed E-state index contributed by atoms with van der Waals surface area (Å²) in [5.74, 6) is 0. The van der Waals surface area contributed by atoms with Crippen molar-refractivity contribution >= 4 is 10.0 Å². The monoisotopic (exact) mass is 388 g/mol. The molecule has 6 heteroatoms. The van der Waals surface area contributed by atoms with E-state index in [1.54, 1.807) is 0 Å². The van der Waals surface area contributed by atoms with E-state index in [1.165, 1.54) is 0 Å². The van der Waals surface area contributed by atoms with Crippen LogP contribution in [0.1, 0.15) is 28.3 Å². The third kappa shape index (κ3) is 4.96. The van der Waals surface area contributed by atoms with Crippen LogP contribution < -0.4 is 4.72 Å². The number of rotatable bonds is 6. The van der Waals surface area contributed by atoms with E-state index in [-0.39, 0.29) is 6.04 Å². The molecule has 0 aliphatic carbocycles. The standard InChI is InChI=1S/C21H28N2O3S/c1-16-13-17(2)21(18(3)14-16)27(24,25)22-20(19-7-5-4-6-8-19)15-23-9-11-26-12-10-23/h4-8,13-14,20,22H,9-12,15H2,1-3H3. The van der Waals surface area contributed by atoms with Crippen LogP contribution in [0.2, 0.25) is 0 Å². The van der Waals surface area contributed by atoms with E-state index in [0.29, 0.717) is 24.7 Å². The van der Waals surface area contributed by atoms with Crippen molar-refractivity contribution in [1.29, 1.82) is 0 Å². The summed E-state index contributed by atoms with van der Waals surface area (Å²) in [5.41, 5.74) is 3.59. The molecular weight excluding hydrogens is 360 g/mol. The first-order valence-corrected chi connectivity index (χ1v) is 10.8. The molecule has 2 aromatic rings. The van der Waals surface area contributed by atoms with Crippen molar-refractivity contribution in [2.45, 2.75) is 31.7 Å². The third-order valence-electron chi connectivity index (χ3n) is 4.92. The van der Waals surface area contributed by atoms with Gasteiger partial charge in [-0.2, -0.15) is 0 Å². The van der Waals surface area contributed by atoms with Crippen LogP contribution in [0.5, 0.6) is 0 Å². The maximum Gasteiger partial charge on any atom is 0.241 e. The Balaban J connectivity index is 1.91. The Bertz CT molecular complexity index is 853. The van der Waals surface area contributed by atoms with Crippen LogP contribution >= 0.6 is 0 Å². The first kappa shape index (κ1) is 20.0. The number of ether oxygens (including phenoxy) is 1. The first-order chi connectivity index (χ1) is 12.9. The highest BCUT2D eigenvalue weighted by atomic mass is 32.2. The zero-order chi connectivity index (χ0) is 19.4. The van der Waals surface area contributed by atoms with Gasteiger partial charge in [-0.1, -0.05) is 48.0 Å². The second kappa shape index (κ2) is 8.52. The maximum atomic E-state index is 13.3. The molecule has 5 nitrogen and oxygen atoms in total. The number of nitrogens with one attached hydrogen (secondary N) is 1. The Kier molecular flexibility index (Phi) is 6.32. The van der Waals surface area contributed by atoms with Gasteiger partial charge < -0.3 is 4.74 Å². The van der Waals surface area contributed by atoms with Crippen molar-refractivity contribution in [2.24, 2.45) is 0 Å². The van der Waals surface area contributed by atoms with Gasteiger partial charge in [0.2, 0.25) is 10.0 Å². The fourth-order valence-corrected chi connectivity index (χ4v) is 5.44. The molecular formula is C21H28N2O3S. The van der Waals surface area contributed by atoms with Crippen LogP contribution in [0.25, 0.3) is 0 Å². The highest BCUT2D eigenvalue weighted by molar-refractivity contribution is 7.89. The van der Waals surface area contributed by atoms with Gasteiger partial charge in [0.05, 0.1) is 24.2 Å². The van der Waals surface area contributed by atoms with Crippen LogP contribution in [-0.4, -0.2) is 46.2 Å². The summed E-state index contributed by atoms with van der Waals surface area (Å²) < 4.78 is 34.9. The normalized spacial score (nSPS) is 17.0. The molecule has 1 fully saturated rings. The van der Waals surface area contributed by atoms with E-state index >= 15 is 0 Å². The summed E-state index contributed by atoms with van der Waals surface area (Å²) in [7, 11) is -3.64. The van der Waals surface area contributed by atoms with Crippen LogP contribution in [0.4, 0.5) is 0 Å². The Morgan fingerprint density at radius 2 is 1.63 bits per heavy atom. The van der Waals surface area contributed by atoms with Gasteiger partial charge in [-0.3, -0.25) is 4.90 Å². The first-order valence-electron chi connectivity index (χ1n) is 9.32. The minimum absolute atomic E-state index is 0.311. The van der Waals surface area contributed by atoms with E-state index < -0.39 is 10.0 Å². The number of hydrogen-bond donors (Lipinski definition) is 1. The van der Waals surface area contributed by atoms with Gasteiger partial charge in [0.25, 0.3) is 0 Å². The number of aryl methyl sites for hydroxylation is 3. The predicted octanol–water partition coefficient (Wildman–Crippen LogP) is 2.96. The fourth-order valence-electron chi connectivity index (χ4n) is 3.77. The maximum absolute atomic E-state index is 13.3. The van der Waals surface area contributed by atoms with Gasteiger partial charge in [0.15, 0.2) is 0 Å². The van der Waals surface area contributed by atoms with Crippen LogP contribution in [-0.2, 0) is 14.8 Å². The van der Waals surface area contributed by atoms with Crippen molar-refractivity contribution in [1.82, 2.24) is 9.62 Å². The molecule has 1 aliphatic heterocycles. The fraction of sp³-hybridized carbons (Fsp3) is 0.429. The number of hydrogen-bond acceptors (Lipinski definition) is 4. The van der Waals surface area contributed by atoms with Crippen molar-refractivity contribution in [3.63, 3.8) is 0 Å². The smallest absolute Gasteiger partial charge is 0.241 e. The Morgan fingerprint density at radius 1 is 1.04 bits per heavy atom. The van der Waals surface area contributed by atoms with Crippen LogP contribution in [0.3, 0.4) is 0 Å². The highest BCUT2D eigenvalue weighted by Crippen LogP contribution is 2.25. The molecule has 0 spiro atoms. The largest absolute Gasteiger partial charge is 0.379 e. The molecule has 1 heterocycles. The zero-order valence-electron chi connectivity index (χ0n) is 16.2. The molecule has 0 amide bonds. The van der Waals surface area contributed by atoms with Gasteiger partial charge in [-0.05, 0) is 37.5 Å². The van der Waals surface area contributed by atoms with E-state index in [0.717, 1.165) is 35.3 Å². The second-order valence-corrected chi connectivity index (χ2v) is 8.88. The number of morpholine rings is 1. The van der Waals surface area contributed by atoms with Crippen molar-refractivity contribution < 1.29 is 13.2 Å². The SMILES string of the molecule is Cc1cc(C)c(S(=O)(=O)NC(CN2CCOCC2)c2ccccc2)c(C)c1. The Hall–Kier alpha value is -1.73. The summed E-state index contributed by atoms with van der Waals surface area (Å²) in [4.78, 5) is 2.63. The quantitative estimate of drug-likeness (QED) is 0.827. The van der Waals surface area contributed by atoms with Gasteiger partial charge >= 0.3 is 0 Å². The lowest BCUT2D eigenvalue weighted by atomic mass is 10.1. The summed E-state index contributed by atoms with van der Waals surface area (Å²) in [6.07, 6.45) is 0.